The van der Waals surface area contributed by atoms with E-state index in [1.54, 1.807) is 0 Å². The Hall–Kier alpha value is -1.26. The molecule has 0 radical (unpaired) electrons. The van der Waals surface area contributed by atoms with Gasteiger partial charge < -0.3 is 14.8 Å². The number of carbonyl (C=O) groups excluding carboxylic acids is 2. The summed E-state index contributed by atoms with van der Waals surface area (Å²) in [6.07, 6.45) is 3.18. The van der Waals surface area contributed by atoms with Crippen LogP contribution >= 0.6 is 0 Å². The van der Waals surface area contributed by atoms with E-state index in [0.717, 1.165) is 25.7 Å². The maximum Gasteiger partial charge on any atom is 0.407 e. The van der Waals surface area contributed by atoms with Crippen LogP contribution < -0.4 is 5.32 Å². The average molecular weight is 301 g/mol. The fraction of sp³-hybridized carbons (Fsp3) is 0.875. The summed E-state index contributed by atoms with van der Waals surface area (Å²) in [6, 6.07) is -0.642. The number of alkyl carbamates (subject to hydrolysis) is 1. The first kappa shape index (κ1) is 19.7. The Morgan fingerprint density at radius 1 is 1.05 bits per heavy atom. The van der Waals surface area contributed by atoms with E-state index in [4.69, 9.17) is 9.47 Å². The van der Waals surface area contributed by atoms with Gasteiger partial charge in [-0.3, -0.25) is 0 Å². The predicted molar refractivity (Wildman–Crippen MR) is 83.0 cm³/mol. The molecule has 0 aliphatic carbocycles. The molecular formula is C16H31NO4. The van der Waals surface area contributed by atoms with Crippen LogP contribution in [0.5, 0.6) is 0 Å². The van der Waals surface area contributed by atoms with Crippen LogP contribution in [0, 0.1) is 11.8 Å². The van der Waals surface area contributed by atoms with E-state index in [1.807, 2.05) is 27.7 Å². The van der Waals surface area contributed by atoms with Crippen molar-refractivity contribution < 1.29 is 19.1 Å². The van der Waals surface area contributed by atoms with Crippen molar-refractivity contribution in [2.24, 2.45) is 11.8 Å². The molecule has 0 saturated heterocycles. The largest absolute Gasteiger partial charge is 0.464 e. The number of nitrogens with one attached hydrogen (secondary N) is 1. The van der Waals surface area contributed by atoms with E-state index in [1.165, 1.54) is 0 Å². The number of carbonyl (C=O) groups is 2. The molecule has 0 aromatic rings. The molecule has 1 amide bonds. The number of amides is 1. The summed E-state index contributed by atoms with van der Waals surface area (Å²) in [5.41, 5.74) is 0. The van der Waals surface area contributed by atoms with Gasteiger partial charge in [-0.05, 0) is 18.3 Å². The van der Waals surface area contributed by atoms with Crippen LogP contribution in [0.3, 0.4) is 0 Å². The lowest BCUT2D eigenvalue weighted by atomic mass is 9.99. The number of esters is 1. The maximum atomic E-state index is 12.1. The Bertz CT molecular complexity index is 305. The molecule has 0 aliphatic rings. The van der Waals surface area contributed by atoms with Crippen molar-refractivity contribution in [3.05, 3.63) is 0 Å². The Labute approximate surface area is 128 Å². The zero-order valence-corrected chi connectivity index (χ0v) is 14.1. The van der Waals surface area contributed by atoms with E-state index in [2.05, 4.69) is 12.2 Å². The smallest absolute Gasteiger partial charge is 0.407 e. The first-order chi connectivity index (χ1) is 9.92. The summed E-state index contributed by atoms with van der Waals surface area (Å²) in [7, 11) is 0. The molecule has 0 rings (SSSR count). The minimum Gasteiger partial charge on any atom is -0.464 e. The lowest BCUT2D eigenvalue weighted by Gasteiger charge is -2.22. The van der Waals surface area contributed by atoms with Gasteiger partial charge in [-0.15, -0.1) is 0 Å². The van der Waals surface area contributed by atoms with E-state index in [0.29, 0.717) is 13.2 Å². The third-order valence-electron chi connectivity index (χ3n) is 3.28. The third kappa shape index (κ3) is 9.32. The zero-order chi connectivity index (χ0) is 16.3. The molecule has 21 heavy (non-hydrogen) atoms. The Balaban J connectivity index is 4.36. The second-order valence-electron chi connectivity index (χ2n) is 5.87. The van der Waals surface area contributed by atoms with Crippen LogP contribution in [-0.4, -0.2) is 31.3 Å². The lowest BCUT2D eigenvalue weighted by molar-refractivity contribution is -0.147. The molecule has 124 valence electrons. The Morgan fingerprint density at radius 3 is 2.24 bits per heavy atom. The van der Waals surface area contributed by atoms with Crippen LogP contribution in [0.1, 0.15) is 60.3 Å². The summed E-state index contributed by atoms with van der Waals surface area (Å²) in [6.45, 7) is 10.6. The van der Waals surface area contributed by atoms with Gasteiger partial charge in [0.05, 0.1) is 13.2 Å². The van der Waals surface area contributed by atoms with E-state index >= 15 is 0 Å². The molecule has 0 aliphatic heterocycles. The molecule has 1 N–H and O–H groups in total. The van der Waals surface area contributed by atoms with Crippen molar-refractivity contribution in [1.82, 2.24) is 5.32 Å². The SMILES string of the molecule is CCCCCOC(=O)C(NC(=O)OCC(C)C)C(C)CC. The normalized spacial score (nSPS) is 13.6. The highest BCUT2D eigenvalue weighted by atomic mass is 16.6. The first-order valence-corrected chi connectivity index (χ1v) is 8.02. The minimum atomic E-state index is -0.642. The molecule has 2 unspecified atom stereocenters. The van der Waals surface area contributed by atoms with Crippen LogP contribution in [0.2, 0.25) is 0 Å². The molecule has 0 saturated carbocycles. The fourth-order valence-electron chi connectivity index (χ4n) is 1.69. The van der Waals surface area contributed by atoms with Gasteiger partial charge in [-0.25, -0.2) is 9.59 Å². The molecular weight excluding hydrogens is 270 g/mol. The van der Waals surface area contributed by atoms with E-state index in [9.17, 15) is 9.59 Å². The molecule has 2 atom stereocenters. The van der Waals surface area contributed by atoms with Crippen LogP contribution in [0.4, 0.5) is 4.79 Å². The second kappa shape index (κ2) is 11.4. The molecule has 5 heteroatoms. The summed E-state index contributed by atoms with van der Waals surface area (Å²) >= 11 is 0. The summed E-state index contributed by atoms with van der Waals surface area (Å²) < 4.78 is 10.3. The molecule has 0 heterocycles. The van der Waals surface area contributed by atoms with Gasteiger partial charge >= 0.3 is 12.1 Å². The summed E-state index contributed by atoms with van der Waals surface area (Å²) in [4.78, 5) is 23.8. The molecule has 5 nitrogen and oxygen atoms in total. The molecule has 0 fully saturated rings. The number of ether oxygens (including phenoxy) is 2. The van der Waals surface area contributed by atoms with Gasteiger partial charge in [0, 0.05) is 0 Å². The fourth-order valence-corrected chi connectivity index (χ4v) is 1.69. The van der Waals surface area contributed by atoms with Gasteiger partial charge in [0.15, 0.2) is 0 Å². The zero-order valence-electron chi connectivity index (χ0n) is 14.1. The third-order valence-corrected chi connectivity index (χ3v) is 3.28. The van der Waals surface area contributed by atoms with E-state index in [-0.39, 0.29) is 17.8 Å². The summed E-state index contributed by atoms with van der Waals surface area (Å²) in [5.74, 6) is -0.101. The van der Waals surface area contributed by atoms with Gasteiger partial charge in [0.2, 0.25) is 0 Å². The Morgan fingerprint density at radius 2 is 1.71 bits per heavy atom. The predicted octanol–water partition coefficient (Wildman–Crippen LogP) is 3.52. The van der Waals surface area contributed by atoms with Crippen molar-refractivity contribution in [3.8, 4) is 0 Å². The molecule has 0 bridgehead atoms. The maximum absolute atomic E-state index is 12.1. The van der Waals surface area contributed by atoms with Gasteiger partial charge in [0.1, 0.15) is 6.04 Å². The van der Waals surface area contributed by atoms with Crippen LogP contribution in [0.25, 0.3) is 0 Å². The van der Waals surface area contributed by atoms with Crippen molar-refractivity contribution in [1.29, 1.82) is 0 Å². The highest BCUT2D eigenvalue weighted by Gasteiger charge is 2.27. The quantitative estimate of drug-likeness (QED) is 0.495. The minimum absolute atomic E-state index is 0.00951. The number of unbranched alkanes of at least 4 members (excludes halogenated alkanes) is 2. The number of hydrogen-bond donors (Lipinski definition) is 1. The first-order valence-electron chi connectivity index (χ1n) is 8.02. The second-order valence-corrected chi connectivity index (χ2v) is 5.87. The van der Waals surface area contributed by atoms with Gasteiger partial charge in [-0.1, -0.05) is 53.9 Å². The molecule has 0 aromatic heterocycles. The monoisotopic (exact) mass is 301 g/mol. The van der Waals surface area contributed by atoms with Crippen LogP contribution in [-0.2, 0) is 14.3 Å². The Kier molecular flexibility index (Phi) is 10.7. The summed E-state index contributed by atoms with van der Waals surface area (Å²) in [5, 5.41) is 2.63. The van der Waals surface area contributed by atoms with Gasteiger partial charge in [0.25, 0.3) is 0 Å². The standard InChI is InChI=1S/C16H31NO4/c1-6-8-9-10-20-15(18)14(13(5)7-2)17-16(19)21-11-12(3)4/h12-14H,6-11H2,1-5H3,(H,17,19). The molecule has 0 spiro atoms. The number of hydrogen-bond acceptors (Lipinski definition) is 4. The number of rotatable bonds is 10. The van der Waals surface area contributed by atoms with Crippen molar-refractivity contribution in [2.45, 2.75) is 66.3 Å². The van der Waals surface area contributed by atoms with Gasteiger partial charge in [-0.2, -0.15) is 0 Å². The highest BCUT2D eigenvalue weighted by Crippen LogP contribution is 2.10. The average Bonchev–Trinajstić information content (AvgIpc) is 2.46. The lowest BCUT2D eigenvalue weighted by Crippen LogP contribution is -2.46. The van der Waals surface area contributed by atoms with Crippen LogP contribution in [0.15, 0.2) is 0 Å². The highest BCUT2D eigenvalue weighted by molar-refractivity contribution is 5.81. The van der Waals surface area contributed by atoms with Crippen molar-refractivity contribution in [2.75, 3.05) is 13.2 Å². The van der Waals surface area contributed by atoms with Crippen molar-refractivity contribution >= 4 is 12.1 Å². The van der Waals surface area contributed by atoms with Crippen molar-refractivity contribution in [3.63, 3.8) is 0 Å². The molecule has 0 aromatic carbocycles. The topological polar surface area (TPSA) is 64.6 Å². The van der Waals surface area contributed by atoms with E-state index < -0.39 is 12.1 Å².